The Balaban J connectivity index is 1.52. The van der Waals surface area contributed by atoms with Crippen molar-refractivity contribution in [2.45, 2.75) is 38.6 Å². The van der Waals surface area contributed by atoms with E-state index in [2.05, 4.69) is 36.1 Å². The molecular formula is C24H30N2O3. The minimum absolute atomic E-state index is 0.101. The number of fused-ring (bicyclic) bond motifs is 1. The second-order valence-corrected chi connectivity index (χ2v) is 8.02. The van der Waals surface area contributed by atoms with Crippen LogP contribution in [-0.2, 0) is 11.2 Å². The van der Waals surface area contributed by atoms with Crippen molar-refractivity contribution >= 4 is 11.6 Å². The molecule has 154 valence electrons. The molecule has 2 aliphatic rings. The molecule has 0 aromatic heterocycles. The van der Waals surface area contributed by atoms with Crippen LogP contribution in [0.1, 0.15) is 42.0 Å². The molecule has 5 nitrogen and oxygen atoms in total. The molecule has 1 saturated heterocycles. The molecule has 0 spiro atoms. The Morgan fingerprint density at radius 1 is 1.03 bits per heavy atom. The average Bonchev–Trinajstić information content (AvgIpc) is 3.23. The molecule has 29 heavy (non-hydrogen) atoms. The predicted molar refractivity (Wildman–Crippen MR) is 115 cm³/mol. The highest BCUT2D eigenvalue weighted by atomic mass is 16.5. The van der Waals surface area contributed by atoms with Gasteiger partial charge in [-0.2, -0.15) is 0 Å². The number of hydrogen-bond donors (Lipinski definition) is 0. The second-order valence-electron chi connectivity index (χ2n) is 8.02. The smallest absolute Gasteiger partial charge is 0.242 e. The second kappa shape index (κ2) is 8.36. The topological polar surface area (TPSA) is 42.0 Å². The molecule has 0 saturated carbocycles. The Hall–Kier alpha value is -2.69. The van der Waals surface area contributed by atoms with E-state index >= 15 is 0 Å². The number of ether oxygens (including phenoxy) is 2. The Morgan fingerprint density at radius 2 is 1.86 bits per heavy atom. The van der Waals surface area contributed by atoms with Crippen molar-refractivity contribution < 1.29 is 14.3 Å². The SMILES string of the molecule is COc1ccc(C2CCCN2C(=O)CN2CCCc3cc(C)ccc32)cc1OC. The van der Waals surface area contributed by atoms with Crippen LogP contribution < -0.4 is 14.4 Å². The van der Waals surface area contributed by atoms with Crippen molar-refractivity contribution in [2.75, 3.05) is 38.8 Å². The zero-order valence-electron chi connectivity index (χ0n) is 17.6. The zero-order chi connectivity index (χ0) is 20.4. The highest BCUT2D eigenvalue weighted by Gasteiger charge is 2.32. The van der Waals surface area contributed by atoms with Gasteiger partial charge in [-0.05, 0) is 61.9 Å². The van der Waals surface area contributed by atoms with Gasteiger partial charge in [-0.1, -0.05) is 23.8 Å². The number of methoxy groups -OCH3 is 2. The normalized spacial score (nSPS) is 18.5. The number of amides is 1. The number of nitrogens with zero attached hydrogens (tertiary/aromatic N) is 2. The molecule has 0 aliphatic carbocycles. The van der Waals surface area contributed by atoms with Gasteiger partial charge in [0.05, 0.1) is 26.8 Å². The molecule has 1 fully saturated rings. The van der Waals surface area contributed by atoms with E-state index in [1.165, 1.54) is 16.8 Å². The summed E-state index contributed by atoms with van der Waals surface area (Å²) in [6, 6.07) is 12.7. The summed E-state index contributed by atoms with van der Waals surface area (Å²) in [6.45, 7) is 4.32. The van der Waals surface area contributed by atoms with E-state index in [0.717, 1.165) is 44.3 Å². The average molecular weight is 395 g/mol. The summed E-state index contributed by atoms with van der Waals surface area (Å²) in [5.74, 6) is 1.63. The summed E-state index contributed by atoms with van der Waals surface area (Å²) in [5, 5.41) is 0. The third-order valence-electron chi connectivity index (χ3n) is 6.14. The number of likely N-dealkylation sites (tertiary alicyclic amines) is 1. The summed E-state index contributed by atoms with van der Waals surface area (Å²) >= 11 is 0. The lowest BCUT2D eigenvalue weighted by molar-refractivity contribution is -0.130. The van der Waals surface area contributed by atoms with E-state index < -0.39 is 0 Å². The first-order valence-electron chi connectivity index (χ1n) is 10.5. The van der Waals surface area contributed by atoms with Crippen LogP contribution in [0.15, 0.2) is 36.4 Å². The number of anilines is 1. The quantitative estimate of drug-likeness (QED) is 0.765. The van der Waals surface area contributed by atoms with Crippen LogP contribution in [0.25, 0.3) is 0 Å². The van der Waals surface area contributed by atoms with Gasteiger partial charge in [0.15, 0.2) is 11.5 Å². The van der Waals surface area contributed by atoms with Gasteiger partial charge in [-0.25, -0.2) is 0 Å². The first-order valence-corrected chi connectivity index (χ1v) is 10.5. The van der Waals surface area contributed by atoms with Crippen molar-refractivity contribution in [3.05, 3.63) is 53.1 Å². The van der Waals surface area contributed by atoms with Crippen molar-refractivity contribution in [2.24, 2.45) is 0 Å². The van der Waals surface area contributed by atoms with Gasteiger partial charge in [-0.3, -0.25) is 4.79 Å². The maximum atomic E-state index is 13.3. The molecule has 1 unspecified atom stereocenters. The minimum Gasteiger partial charge on any atom is -0.493 e. The van der Waals surface area contributed by atoms with E-state index in [0.29, 0.717) is 18.0 Å². The number of carbonyl (C=O) groups is 1. The fourth-order valence-corrected chi connectivity index (χ4v) is 4.69. The molecule has 4 rings (SSSR count). The van der Waals surface area contributed by atoms with Crippen LogP contribution in [0, 0.1) is 6.92 Å². The minimum atomic E-state index is 0.101. The molecule has 1 atom stereocenters. The lowest BCUT2D eigenvalue weighted by Gasteiger charge is -2.34. The number of rotatable bonds is 5. The third kappa shape index (κ3) is 3.91. The lowest BCUT2D eigenvalue weighted by atomic mass is 9.99. The first kappa shape index (κ1) is 19.6. The molecule has 5 heteroatoms. The molecule has 2 aliphatic heterocycles. The predicted octanol–water partition coefficient (Wildman–Crippen LogP) is 4.13. The highest BCUT2D eigenvalue weighted by Crippen LogP contribution is 2.37. The summed E-state index contributed by atoms with van der Waals surface area (Å²) in [5.41, 5.74) is 4.98. The van der Waals surface area contributed by atoms with Crippen LogP contribution in [0.2, 0.25) is 0 Å². The van der Waals surface area contributed by atoms with Crippen LogP contribution in [0.4, 0.5) is 5.69 Å². The third-order valence-corrected chi connectivity index (χ3v) is 6.14. The Bertz CT molecular complexity index is 896. The van der Waals surface area contributed by atoms with Gasteiger partial charge < -0.3 is 19.3 Å². The van der Waals surface area contributed by atoms with Crippen LogP contribution in [-0.4, -0.2) is 44.7 Å². The Labute approximate surface area is 173 Å². The summed E-state index contributed by atoms with van der Waals surface area (Å²) < 4.78 is 10.8. The molecule has 2 aromatic carbocycles. The van der Waals surface area contributed by atoms with Gasteiger partial charge in [0, 0.05) is 18.8 Å². The van der Waals surface area contributed by atoms with Gasteiger partial charge in [-0.15, -0.1) is 0 Å². The van der Waals surface area contributed by atoms with Crippen LogP contribution in [0.5, 0.6) is 11.5 Å². The van der Waals surface area contributed by atoms with E-state index in [9.17, 15) is 4.79 Å². The maximum Gasteiger partial charge on any atom is 0.242 e. The number of aryl methyl sites for hydroxylation is 2. The standard InChI is InChI=1S/C24H30N2O3/c1-17-8-10-20-18(14-17)6-4-12-25(20)16-24(27)26-13-5-7-21(26)19-9-11-22(28-2)23(15-19)29-3/h8-11,14-15,21H,4-7,12-13,16H2,1-3H3. The lowest BCUT2D eigenvalue weighted by Crippen LogP contribution is -2.42. The monoisotopic (exact) mass is 394 g/mol. The number of hydrogen-bond acceptors (Lipinski definition) is 4. The van der Waals surface area contributed by atoms with Crippen molar-refractivity contribution in [1.29, 1.82) is 0 Å². The molecule has 0 N–H and O–H groups in total. The molecule has 2 aromatic rings. The van der Waals surface area contributed by atoms with Crippen molar-refractivity contribution in [3.8, 4) is 11.5 Å². The summed E-state index contributed by atoms with van der Waals surface area (Å²) in [6.07, 6.45) is 4.21. The highest BCUT2D eigenvalue weighted by molar-refractivity contribution is 5.83. The maximum absolute atomic E-state index is 13.3. The molecule has 0 radical (unpaired) electrons. The molecule has 0 bridgehead atoms. The zero-order valence-corrected chi connectivity index (χ0v) is 17.6. The molecule has 1 amide bonds. The van der Waals surface area contributed by atoms with Crippen molar-refractivity contribution in [3.63, 3.8) is 0 Å². The van der Waals surface area contributed by atoms with Crippen LogP contribution in [0.3, 0.4) is 0 Å². The Morgan fingerprint density at radius 3 is 2.66 bits per heavy atom. The van der Waals surface area contributed by atoms with E-state index in [4.69, 9.17) is 9.47 Å². The summed E-state index contributed by atoms with van der Waals surface area (Å²) in [7, 11) is 3.29. The number of benzene rings is 2. The fraction of sp³-hybridized carbons (Fsp3) is 0.458. The van der Waals surface area contributed by atoms with E-state index in [-0.39, 0.29) is 11.9 Å². The van der Waals surface area contributed by atoms with Gasteiger partial charge in [0.2, 0.25) is 5.91 Å². The van der Waals surface area contributed by atoms with Gasteiger partial charge in [0.25, 0.3) is 0 Å². The number of carbonyl (C=O) groups excluding carboxylic acids is 1. The molecular weight excluding hydrogens is 364 g/mol. The Kier molecular flexibility index (Phi) is 5.65. The summed E-state index contributed by atoms with van der Waals surface area (Å²) in [4.78, 5) is 17.6. The van der Waals surface area contributed by atoms with Crippen LogP contribution >= 0.6 is 0 Å². The van der Waals surface area contributed by atoms with E-state index in [1.54, 1.807) is 14.2 Å². The van der Waals surface area contributed by atoms with E-state index in [1.807, 2.05) is 17.0 Å². The fourth-order valence-electron chi connectivity index (χ4n) is 4.69. The van der Waals surface area contributed by atoms with Gasteiger partial charge >= 0.3 is 0 Å². The molecule has 2 heterocycles. The largest absolute Gasteiger partial charge is 0.493 e. The van der Waals surface area contributed by atoms with Crippen molar-refractivity contribution in [1.82, 2.24) is 4.90 Å². The first-order chi connectivity index (χ1) is 14.1. The van der Waals surface area contributed by atoms with Gasteiger partial charge in [0.1, 0.15) is 0 Å².